The Morgan fingerprint density at radius 1 is 1.54 bits per heavy atom. The fourth-order valence-electron chi connectivity index (χ4n) is 2.08. The summed E-state index contributed by atoms with van der Waals surface area (Å²) in [4.78, 5) is 2.33. The predicted octanol–water partition coefficient (Wildman–Crippen LogP) is 1.13. The third-order valence-electron chi connectivity index (χ3n) is 2.87. The van der Waals surface area contributed by atoms with Crippen LogP contribution >= 0.6 is 0 Å². The third kappa shape index (κ3) is 2.66. The standard InChI is InChI=1S/C10H21NO2/c1-5-13-8(2)10-6-9(12-4)7-11(10)3/h8-10H,5-7H2,1-4H3/t8-,9+,10-/m0/s1. The molecule has 1 fully saturated rings. The summed E-state index contributed by atoms with van der Waals surface area (Å²) in [7, 11) is 3.92. The second kappa shape index (κ2) is 4.94. The van der Waals surface area contributed by atoms with E-state index in [1.807, 2.05) is 6.92 Å². The first-order chi connectivity index (χ1) is 6.19. The molecule has 3 atom stereocenters. The van der Waals surface area contributed by atoms with Crippen molar-refractivity contribution >= 4 is 0 Å². The highest BCUT2D eigenvalue weighted by Gasteiger charge is 2.33. The van der Waals surface area contributed by atoms with E-state index in [0.717, 1.165) is 19.6 Å². The van der Waals surface area contributed by atoms with Gasteiger partial charge < -0.3 is 9.47 Å². The molecule has 1 rings (SSSR count). The molecule has 1 aliphatic heterocycles. The van der Waals surface area contributed by atoms with Crippen molar-refractivity contribution in [1.82, 2.24) is 4.90 Å². The Kier molecular flexibility index (Phi) is 4.16. The van der Waals surface area contributed by atoms with Crippen LogP contribution in [0.3, 0.4) is 0 Å². The van der Waals surface area contributed by atoms with Gasteiger partial charge in [0.05, 0.1) is 12.2 Å². The highest BCUT2D eigenvalue weighted by Crippen LogP contribution is 2.22. The fourth-order valence-corrected chi connectivity index (χ4v) is 2.08. The Morgan fingerprint density at radius 2 is 2.23 bits per heavy atom. The normalized spacial score (nSPS) is 32.3. The van der Waals surface area contributed by atoms with Crippen LogP contribution < -0.4 is 0 Å². The summed E-state index contributed by atoms with van der Waals surface area (Å²) < 4.78 is 10.9. The van der Waals surface area contributed by atoms with Gasteiger partial charge in [-0.25, -0.2) is 0 Å². The molecule has 3 heteroatoms. The van der Waals surface area contributed by atoms with Gasteiger partial charge in [-0.2, -0.15) is 0 Å². The van der Waals surface area contributed by atoms with Gasteiger partial charge >= 0.3 is 0 Å². The van der Waals surface area contributed by atoms with Crippen LogP contribution in [0.4, 0.5) is 0 Å². The molecule has 3 nitrogen and oxygen atoms in total. The average Bonchev–Trinajstić information content (AvgIpc) is 2.47. The largest absolute Gasteiger partial charge is 0.380 e. The van der Waals surface area contributed by atoms with Gasteiger partial charge in [0.2, 0.25) is 0 Å². The monoisotopic (exact) mass is 187 g/mol. The number of likely N-dealkylation sites (tertiary alicyclic amines) is 1. The zero-order valence-corrected chi connectivity index (χ0v) is 9.12. The van der Waals surface area contributed by atoms with E-state index in [-0.39, 0.29) is 0 Å². The Bertz CT molecular complexity index is 152. The smallest absolute Gasteiger partial charge is 0.0714 e. The van der Waals surface area contributed by atoms with Crippen LogP contribution in [0.25, 0.3) is 0 Å². The van der Waals surface area contributed by atoms with Gasteiger partial charge in [-0.05, 0) is 27.3 Å². The maximum Gasteiger partial charge on any atom is 0.0714 e. The van der Waals surface area contributed by atoms with Crippen molar-refractivity contribution in [3.8, 4) is 0 Å². The molecule has 0 bridgehead atoms. The molecule has 0 aromatic rings. The lowest BCUT2D eigenvalue weighted by molar-refractivity contribution is 0.0227. The molecule has 0 radical (unpaired) electrons. The molecule has 1 aliphatic rings. The van der Waals surface area contributed by atoms with Gasteiger partial charge in [0.25, 0.3) is 0 Å². The average molecular weight is 187 g/mol. The number of hydrogen-bond acceptors (Lipinski definition) is 3. The minimum atomic E-state index is 0.315. The Hall–Kier alpha value is -0.120. The van der Waals surface area contributed by atoms with E-state index in [4.69, 9.17) is 9.47 Å². The highest BCUT2D eigenvalue weighted by molar-refractivity contribution is 4.87. The summed E-state index contributed by atoms with van der Waals surface area (Å²) in [5.41, 5.74) is 0. The van der Waals surface area contributed by atoms with Crippen molar-refractivity contribution in [3.63, 3.8) is 0 Å². The summed E-state index contributed by atoms with van der Waals surface area (Å²) in [6.45, 7) is 6.00. The Labute approximate surface area is 81.0 Å². The molecule has 0 aromatic carbocycles. The second-order valence-electron chi connectivity index (χ2n) is 3.76. The van der Waals surface area contributed by atoms with E-state index in [2.05, 4.69) is 18.9 Å². The number of methoxy groups -OCH3 is 1. The number of nitrogens with zero attached hydrogens (tertiary/aromatic N) is 1. The zero-order valence-electron chi connectivity index (χ0n) is 9.12. The van der Waals surface area contributed by atoms with Gasteiger partial charge in [-0.1, -0.05) is 0 Å². The van der Waals surface area contributed by atoms with Crippen molar-refractivity contribution in [2.75, 3.05) is 27.3 Å². The van der Waals surface area contributed by atoms with E-state index in [1.54, 1.807) is 7.11 Å². The minimum Gasteiger partial charge on any atom is -0.380 e. The summed E-state index contributed by atoms with van der Waals surface area (Å²) in [6, 6.07) is 0.518. The first-order valence-corrected chi connectivity index (χ1v) is 5.03. The van der Waals surface area contributed by atoms with Gasteiger partial charge in [-0.3, -0.25) is 4.90 Å². The van der Waals surface area contributed by atoms with Crippen LogP contribution in [0.2, 0.25) is 0 Å². The van der Waals surface area contributed by atoms with E-state index < -0.39 is 0 Å². The molecule has 1 heterocycles. The lowest BCUT2D eigenvalue weighted by Gasteiger charge is -2.25. The summed E-state index contributed by atoms with van der Waals surface area (Å²) in [6.07, 6.45) is 1.79. The van der Waals surface area contributed by atoms with E-state index in [1.165, 1.54) is 0 Å². The van der Waals surface area contributed by atoms with E-state index in [0.29, 0.717) is 18.2 Å². The fraction of sp³-hybridized carbons (Fsp3) is 1.00. The van der Waals surface area contributed by atoms with E-state index in [9.17, 15) is 0 Å². The summed E-state index contributed by atoms with van der Waals surface area (Å²) in [5, 5.41) is 0. The Balaban J connectivity index is 2.41. The van der Waals surface area contributed by atoms with Crippen LogP contribution in [0, 0.1) is 0 Å². The highest BCUT2D eigenvalue weighted by atomic mass is 16.5. The first kappa shape index (κ1) is 11.0. The number of rotatable bonds is 4. The van der Waals surface area contributed by atoms with Crippen molar-refractivity contribution in [2.24, 2.45) is 0 Å². The molecule has 0 spiro atoms. The van der Waals surface area contributed by atoms with Gasteiger partial charge in [0.1, 0.15) is 0 Å². The molecular formula is C10H21NO2. The van der Waals surface area contributed by atoms with Crippen LogP contribution in [0.15, 0.2) is 0 Å². The molecule has 0 unspecified atom stereocenters. The van der Waals surface area contributed by atoms with Crippen LogP contribution in [-0.4, -0.2) is 50.5 Å². The second-order valence-corrected chi connectivity index (χ2v) is 3.76. The predicted molar refractivity (Wildman–Crippen MR) is 52.9 cm³/mol. The zero-order chi connectivity index (χ0) is 9.84. The molecule has 0 aliphatic carbocycles. The molecule has 78 valence electrons. The molecule has 13 heavy (non-hydrogen) atoms. The summed E-state index contributed by atoms with van der Waals surface area (Å²) in [5.74, 6) is 0. The van der Waals surface area contributed by atoms with Crippen molar-refractivity contribution in [2.45, 2.75) is 38.5 Å². The molecule has 0 N–H and O–H groups in total. The van der Waals surface area contributed by atoms with Crippen molar-refractivity contribution in [1.29, 1.82) is 0 Å². The quantitative estimate of drug-likeness (QED) is 0.658. The third-order valence-corrected chi connectivity index (χ3v) is 2.87. The molecule has 0 saturated carbocycles. The van der Waals surface area contributed by atoms with Crippen LogP contribution in [0.1, 0.15) is 20.3 Å². The van der Waals surface area contributed by atoms with E-state index >= 15 is 0 Å². The number of ether oxygens (including phenoxy) is 2. The molecular weight excluding hydrogens is 166 g/mol. The maximum atomic E-state index is 5.59. The first-order valence-electron chi connectivity index (χ1n) is 5.03. The molecule has 1 saturated heterocycles. The lowest BCUT2D eigenvalue weighted by Crippen LogP contribution is -2.36. The van der Waals surface area contributed by atoms with Crippen LogP contribution in [0.5, 0.6) is 0 Å². The van der Waals surface area contributed by atoms with Crippen LogP contribution in [-0.2, 0) is 9.47 Å². The number of likely N-dealkylation sites (N-methyl/N-ethyl adjacent to an activating group) is 1. The maximum absolute atomic E-state index is 5.59. The van der Waals surface area contributed by atoms with Crippen molar-refractivity contribution in [3.05, 3.63) is 0 Å². The van der Waals surface area contributed by atoms with Crippen molar-refractivity contribution < 1.29 is 9.47 Å². The SMILES string of the molecule is CCO[C@@H](C)[C@@H]1C[C@@H](OC)CN1C. The summed E-state index contributed by atoms with van der Waals surface area (Å²) >= 11 is 0. The topological polar surface area (TPSA) is 21.7 Å². The lowest BCUT2D eigenvalue weighted by atomic mass is 10.1. The Morgan fingerprint density at radius 3 is 2.69 bits per heavy atom. The van der Waals surface area contributed by atoms with Gasteiger partial charge in [0.15, 0.2) is 0 Å². The molecule has 0 aromatic heterocycles. The van der Waals surface area contributed by atoms with Gasteiger partial charge in [0, 0.05) is 26.3 Å². The number of hydrogen-bond donors (Lipinski definition) is 0. The van der Waals surface area contributed by atoms with Gasteiger partial charge in [-0.15, -0.1) is 0 Å². The minimum absolute atomic E-state index is 0.315. The molecule has 0 amide bonds.